The van der Waals surface area contributed by atoms with E-state index in [-0.39, 0.29) is 11.8 Å². The Kier molecular flexibility index (Phi) is 7.18. The van der Waals surface area contributed by atoms with Crippen molar-refractivity contribution in [3.63, 3.8) is 0 Å². The fourth-order valence-electron chi connectivity index (χ4n) is 3.23. The highest BCUT2D eigenvalue weighted by Gasteiger charge is 2.51. The number of aliphatic carboxylic acids is 1. The summed E-state index contributed by atoms with van der Waals surface area (Å²) in [5, 5.41) is 16.6. The molecule has 9 heteroatoms. The SMILES string of the molecule is CCCNC(=O)[C@H]1O[C@@H]1C(=O)N[C@H](C(=O)N1CCC[C@H]1C(=O)[O-])[C@@H](C)CC. The first-order chi connectivity index (χ1) is 12.8. The number of nitrogens with zero attached hydrogens (tertiary/aromatic N) is 1. The van der Waals surface area contributed by atoms with Crippen LogP contribution in [-0.4, -0.2) is 66.0 Å². The maximum atomic E-state index is 12.9. The topological polar surface area (TPSA) is 131 Å². The molecule has 2 N–H and O–H groups in total. The molecule has 2 aliphatic heterocycles. The Hall–Kier alpha value is -2.16. The van der Waals surface area contributed by atoms with Crippen LogP contribution in [0.1, 0.15) is 46.5 Å². The highest BCUT2D eigenvalue weighted by molar-refractivity contribution is 5.97. The molecule has 152 valence electrons. The second-order valence-electron chi connectivity index (χ2n) is 7.15. The summed E-state index contributed by atoms with van der Waals surface area (Å²) in [7, 11) is 0. The van der Waals surface area contributed by atoms with Crippen molar-refractivity contribution in [1.82, 2.24) is 15.5 Å². The molecule has 2 heterocycles. The van der Waals surface area contributed by atoms with Crippen LogP contribution >= 0.6 is 0 Å². The van der Waals surface area contributed by atoms with Crippen LogP contribution in [0.15, 0.2) is 0 Å². The summed E-state index contributed by atoms with van der Waals surface area (Å²) in [5.74, 6) is -2.80. The van der Waals surface area contributed by atoms with Crippen LogP contribution in [0.5, 0.6) is 0 Å². The van der Waals surface area contributed by atoms with Gasteiger partial charge in [0.2, 0.25) is 5.91 Å². The molecule has 0 spiro atoms. The average Bonchev–Trinajstić information content (AvgIpc) is 3.30. The summed E-state index contributed by atoms with van der Waals surface area (Å²) in [6.07, 6.45) is 0.558. The Balaban J connectivity index is 2.01. The monoisotopic (exact) mass is 382 g/mol. The van der Waals surface area contributed by atoms with Gasteiger partial charge in [-0.2, -0.15) is 0 Å². The van der Waals surface area contributed by atoms with E-state index in [2.05, 4.69) is 10.6 Å². The fraction of sp³-hybridized carbons (Fsp3) is 0.778. The van der Waals surface area contributed by atoms with E-state index < -0.39 is 42.1 Å². The largest absolute Gasteiger partial charge is 0.548 e. The molecule has 5 atom stereocenters. The Morgan fingerprint density at radius 2 is 1.85 bits per heavy atom. The Bertz CT molecular complexity index is 596. The van der Waals surface area contributed by atoms with Gasteiger partial charge in [0.15, 0.2) is 12.2 Å². The summed E-state index contributed by atoms with van der Waals surface area (Å²) >= 11 is 0. The van der Waals surface area contributed by atoms with E-state index in [0.29, 0.717) is 32.4 Å². The smallest absolute Gasteiger partial charge is 0.253 e. The molecular weight excluding hydrogens is 354 g/mol. The van der Waals surface area contributed by atoms with Gasteiger partial charge in [0.05, 0.1) is 12.0 Å². The van der Waals surface area contributed by atoms with Crippen molar-refractivity contribution in [3.05, 3.63) is 0 Å². The number of hydrogen-bond acceptors (Lipinski definition) is 6. The zero-order chi connectivity index (χ0) is 20.1. The van der Waals surface area contributed by atoms with Crippen LogP contribution in [0.25, 0.3) is 0 Å². The Morgan fingerprint density at radius 3 is 2.44 bits per heavy atom. The zero-order valence-electron chi connectivity index (χ0n) is 16.0. The summed E-state index contributed by atoms with van der Waals surface area (Å²) in [5.41, 5.74) is 0. The number of carboxylic acids is 1. The van der Waals surface area contributed by atoms with E-state index in [1.165, 1.54) is 4.90 Å². The highest BCUT2D eigenvalue weighted by Crippen LogP contribution is 2.25. The van der Waals surface area contributed by atoms with E-state index >= 15 is 0 Å². The number of epoxide rings is 1. The van der Waals surface area contributed by atoms with Gasteiger partial charge in [-0.3, -0.25) is 14.4 Å². The third-order valence-electron chi connectivity index (χ3n) is 5.14. The van der Waals surface area contributed by atoms with Crippen molar-refractivity contribution in [2.24, 2.45) is 5.92 Å². The lowest BCUT2D eigenvalue weighted by Crippen LogP contribution is -2.56. The standard InChI is InChI=1S/C18H29N3O6/c1-4-8-19-15(22)13-14(27-13)16(23)20-12(10(3)5-2)17(24)21-9-6-7-11(21)18(25)26/h10-14H,4-9H2,1-3H3,(H,19,22)(H,20,23)(H,25,26)/p-1/t10-,11-,12-,13-,14-/m0/s1. The second kappa shape index (κ2) is 9.16. The Labute approximate surface area is 158 Å². The number of hydrogen-bond donors (Lipinski definition) is 2. The minimum absolute atomic E-state index is 0.199. The van der Waals surface area contributed by atoms with E-state index in [9.17, 15) is 24.3 Å². The lowest BCUT2D eigenvalue weighted by Gasteiger charge is -2.32. The minimum atomic E-state index is -1.28. The molecule has 3 amide bonds. The van der Waals surface area contributed by atoms with E-state index in [4.69, 9.17) is 4.74 Å². The van der Waals surface area contributed by atoms with Crippen LogP contribution in [0.4, 0.5) is 0 Å². The summed E-state index contributed by atoms with van der Waals surface area (Å²) in [4.78, 5) is 49.7. The van der Waals surface area contributed by atoms with Gasteiger partial charge in [-0.25, -0.2) is 0 Å². The first-order valence-electron chi connectivity index (χ1n) is 9.56. The van der Waals surface area contributed by atoms with Crippen LogP contribution in [-0.2, 0) is 23.9 Å². The molecule has 2 fully saturated rings. The molecule has 0 unspecified atom stereocenters. The van der Waals surface area contributed by atoms with Crippen molar-refractivity contribution in [2.45, 2.75) is 70.7 Å². The van der Waals surface area contributed by atoms with Gasteiger partial charge in [0.1, 0.15) is 6.04 Å². The van der Waals surface area contributed by atoms with Crippen molar-refractivity contribution in [3.8, 4) is 0 Å². The predicted octanol–water partition coefficient (Wildman–Crippen LogP) is -1.45. The number of amides is 3. The Morgan fingerprint density at radius 1 is 1.19 bits per heavy atom. The van der Waals surface area contributed by atoms with E-state index in [1.54, 1.807) is 0 Å². The molecule has 0 aromatic heterocycles. The zero-order valence-corrected chi connectivity index (χ0v) is 16.0. The summed E-state index contributed by atoms with van der Waals surface area (Å²) < 4.78 is 5.16. The van der Waals surface area contributed by atoms with Gasteiger partial charge < -0.3 is 30.2 Å². The van der Waals surface area contributed by atoms with Crippen molar-refractivity contribution < 1.29 is 29.0 Å². The number of carbonyl (C=O) groups excluding carboxylic acids is 4. The quantitative estimate of drug-likeness (QED) is 0.469. The predicted molar refractivity (Wildman–Crippen MR) is 93.1 cm³/mol. The van der Waals surface area contributed by atoms with Crippen LogP contribution in [0, 0.1) is 5.92 Å². The van der Waals surface area contributed by atoms with Gasteiger partial charge in [0, 0.05) is 13.1 Å². The molecule has 0 bridgehead atoms. The summed E-state index contributed by atoms with van der Waals surface area (Å²) in [6.45, 7) is 6.43. The van der Waals surface area contributed by atoms with Gasteiger partial charge in [0.25, 0.3) is 11.8 Å². The fourth-order valence-corrected chi connectivity index (χ4v) is 3.23. The number of carboxylic acid groups (broad SMARTS) is 1. The molecule has 0 aromatic carbocycles. The maximum Gasteiger partial charge on any atom is 0.253 e. The van der Waals surface area contributed by atoms with Crippen LogP contribution in [0.2, 0.25) is 0 Å². The summed E-state index contributed by atoms with van der Waals surface area (Å²) in [6, 6.07) is -1.84. The molecule has 2 aliphatic rings. The molecule has 0 aromatic rings. The molecule has 0 aliphatic carbocycles. The third kappa shape index (κ3) is 4.97. The van der Waals surface area contributed by atoms with Crippen molar-refractivity contribution in [2.75, 3.05) is 13.1 Å². The van der Waals surface area contributed by atoms with E-state index in [1.807, 2.05) is 20.8 Å². The normalized spacial score (nSPS) is 26.2. The molecule has 9 nitrogen and oxygen atoms in total. The van der Waals surface area contributed by atoms with Gasteiger partial charge in [-0.05, 0) is 25.2 Å². The van der Waals surface area contributed by atoms with Crippen LogP contribution < -0.4 is 15.7 Å². The van der Waals surface area contributed by atoms with Gasteiger partial charge >= 0.3 is 0 Å². The molecule has 2 saturated heterocycles. The first kappa shape index (κ1) is 21.1. The van der Waals surface area contributed by atoms with Gasteiger partial charge in [-0.15, -0.1) is 0 Å². The second-order valence-corrected chi connectivity index (χ2v) is 7.15. The highest BCUT2D eigenvalue weighted by atomic mass is 16.6. The lowest BCUT2D eigenvalue weighted by molar-refractivity contribution is -0.310. The molecule has 27 heavy (non-hydrogen) atoms. The van der Waals surface area contributed by atoms with Crippen molar-refractivity contribution in [1.29, 1.82) is 0 Å². The molecular formula is C18H28N3O6-. The molecule has 0 radical (unpaired) electrons. The maximum absolute atomic E-state index is 12.9. The third-order valence-corrected chi connectivity index (χ3v) is 5.14. The number of rotatable bonds is 9. The minimum Gasteiger partial charge on any atom is -0.548 e. The number of carbonyl (C=O) groups is 4. The molecule has 0 saturated carbocycles. The van der Waals surface area contributed by atoms with Crippen molar-refractivity contribution >= 4 is 23.7 Å². The number of nitrogens with one attached hydrogen (secondary N) is 2. The first-order valence-corrected chi connectivity index (χ1v) is 9.56. The average molecular weight is 382 g/mol. The number of ether oxygens (including phenoxy) is 1. The van der Waals surface area contributed by atoms with Crippen LogP contribution in [0.3, 0.4) is 0 Å². The van der Waals surface area contributed by atoms with E-state index in [0.717, 1.165) is 6.42 Å². The lowest BCUT2D eigenvalue weighted by atomic mass is 9.97. The number of likely N-dealkylation sites (tertiary alicyclic amines) is 1. The van der Waals surface area contributed by atoms with Gasteiger partial charge in [-0.1, -0.05) is 27.2 Å². The molecule has 2 rings (SSSR count).